The Morgan fingerprint density at radius 1 is 1.50 bits per heavy atom. The van der Waals surface area contributed by atoms with Crippen molar-refractivity contribution in [1.82, 2.24) is 4.90 Å². The van der Waals surface area contributed by atoms with Crippen LogP contribution in [0.15, 0.2) is 0 Å². The second-order valence-corrected chi connectivity index (χ2v) is 3.46. The third-order valence-corrected chi connectivity index (χ3v) is 2.03. The summed E-state index contributed by atoms with van der Waals surface area (Å²) in [5.74, 6) is -0.343. The van der Waals surface area contributed by atoms with Crippen molar-refractivity contribution in [2.75, 3.05) is 0 Å². The molecule has 0 aromatic carbocycles. The predicted octanol–water partition coefficient (Wildman–Crippen LogP) is 0.0667. The van der Waals surface area contributed by atoms with Gasteiger partial charge in [-0.05, 0) is 13.8 Å². The zero-order valence-electron chi connectivity index (χ0n) is 6.94. The maximum Gasteiger partial charge on any atom is 0.228 e. The van der Waals surface area contributed by atoms with E-state index >= 15 is 0 Å². The SMILES string of the molecule is CC(C)N1C(=O)CC([S-])C1=O.[W]. The minimum Gasteiger partial charge on any atom is -0.779 e. The van der Waals surface area contributed by atoms with E-state index in [1.54, 1.807) is 0 Å². The van der Waals surface area contributed by atoms with E-state index in [2.05, 4.69) is 0 Å². The Balaban J connectivity index is 0.00000121. The molecule has 1 saturated heterocycles. The van der Waals surface area contributed by atoms with Crippen LogP contribution >= 0.6 is 0 Å². The monoisotopic (exact) mass is 356 g/mol. The van der Waals surface area contributed by atoms with E-state index in [4.69, 9.17) is 12.6 Å². The Morgan fingerprint density at radius 3 is 2.17 bits per heavy atom. The third kappa shape index (κ3) is 2.11. The predicted molar refractivity (Wildman–Crippen MR) is 42.8 cm³/mol. The van der Waals surface area contributed by atoms with E-state index in [0.29, 0.717) is 0 Å². The van der Waals surface area contributed by atoms with Crippen LogP contribution in [-0.4, -0.2) is 28.0 Å². The first-order valence-corrected chi connectivity index (χ1v) is 4.03. The molecule has 1 fully saturated rings. The van der Waals surface area contributed by atoms with Crippen molar-refractivity contribution in [1.29, 1.82) is 0 Å². The fourth-order valence-corrected chi connectivity index (χ4v) is 1.42. The molecule has 1 aliphatic heterocycles. The molecule has 1 heterocycles. The smallest absolute Gasteiger partial charge is 0.228 e. The zero-order chi connectivity index (χ0) is 8.59. The van der Waals surface area contributed by atoms with Crippen LogP contribution < -0.4 is 0 Å². The number of carbonyl (C=O) groups excluding carboxylic acids is 2. The summed E-state index contributed by atoms with van der Waals surface area (Å²) < 4.78 is 0. The second-order valence-electron chi connectivity index (χ2n) is 2.89. The van der Waals surface area contributed by atoms with Crippen molar-refractivity contribution in [3.8, 4) is 0 Å². The van der Waals surface area contributed by atoms with Crippen LogP contribution in [0.25, 0.3) is 0 Å². The van der Waals surface area contributed by atoms with E-state index in [1.165, 1.54) is 4.90 Å². The Hall–Kier alpha value is 0.178. The van der Waals surface area contributed by atoms with Crippen molar-refractivity contribution in [2.45, 2.75) is 31.6 Å². The molecule has 1 rings (SSSR count). The maximum atomic E-state index is 11.2. The van der Waals surface area contributed by atoms with Crippen LogP contribution in [0, 0.1) is 0 Å². The van der Waals surface area contributed by atoms with E-state index in [1.807, 2.05) is 13.8 Å². The maximum absolute atomic E-state index is 11.2. The van der Waals surface area contributed by atoms with Crippen LogP contribution in [0.5, 0.6) is 0 Å². The van der Waals surface area contributed by atoms with Gasteiger partial charge in [-0.2, -0.15) is 0 Å². The molecular weight excluding hydrogens is 346 g/mol. The van der Waals surface area contributed by atoms with Crippen molar-refractivity contribution < 1.29 is 30.7 Å². The average molecular weight is 356 g/mol. The van der Waals surface area contributed by atoms with E-state index in [0.717, 1.165) is 0 Å². The van der Waals surface area contributed by atoms with Crippen LogP contribution in [0.2, 0.25) is 0 Å². The first-order valence-electron chi connectivity index (χ1n) is 3.55. The quantitative estimate of drug-likeness (QED) is 0.493. The van der Waals surface area contributed by atoms with Crippen LogP contribution in [0.4, 0.5) is 0 Å². The standard InChI is InChI=1S/C7H11NO2S.W/c1-4(2)8-6(9)3-5(11)7(8)10;/h4-5,11H,3H2,1-2H3;/p-1. The van der Waals surface area contributed by atoms with Gasteiger partial charge in [-0.15, -0.1) is 0 Å². The summed E-state index contributed by atoms with van der Waals surface area (Å²) >= 11 is 4.79. The number of imide groups is 1. The molecule has 68 valence electrons. The number of nitrogens with zero attached hydrogens (tertiary/aromatic N) is 1. The van der Waals surface area contributed by atoms with Gasteiger partial charge in [0.15, 0.2) is 0 Å². The van der Waals surface area contributed by atoms with Crippen LogP contribution in [0.1, 0.15) is 20.3 Å². The molecule has 0 saturated carbocycles. The first-order chi connectivity index (χ1) is 5.04. The van der Waals surface area contributed by atoms with E-state index < -0.39 is 5.25 Å². The molecule has 0 aromatic heterocycles. The number of likely N-dealkylation sites (tertiary alicyclic amines) is 1. The number of hydrogen-bond acceptors (Lipinski definition) is 3. The number of hydrogen-bond donors (Lipinski definition) is 0. The fraction of sp³-hybridized carbons (Fsp3) is 0.714. The minimum atomic E-state index is -0.523. The van der Waals surface area contributed by atoms with E-state index in [-0.39, 0.29) is 45.3 Å². The van der Waals surface area contributed by atoms with Gasteiger partial charge in [0.25, 0.3) is 0 Å². The van der Waals surface area contributed by atoms with Crippen LogP contribution in [0.3, 0.4) is 0 Å². The molecule has 1 aliphatic rings. The molecule has 0 bridgehead atoms. The Morgan fingerprint density at radius 2 is 2.00 bits per heavy atom. The van der Waals surface area contributed by atoms with Gasteiger partial charge < -0.3 is 12.6 Å². The number of carbonyl (C=O) groups is 2. The van der Waals surface area contributed by atoms with Gasteiger partial charge in [0, 0.05) is 33.5 Å². The molecule has 0 radical (unpaired) electrons. The van der Waals surface area contributed by atoms with Gasteiger partial charge in [-0.1, -0.05) is 5.25 Å². The van der Waals surface area contributed by atoms with Gasteiger partial charge in [0.05, 0.1) is 0 Å². The molecule has 12 heavy (non-hydrogen) atoms. The summed E-state index contributed by atoms with van der Waals surface area (Å²) in [7, 11) is 0. The largest absolute Gasteiger partial charge is 0.779 e. The summed E-state index contributed by atoms with van der Waals surface area (Å²) in [6.07, 6.45) is 0.201. The van der Waals surface area contributed by atoms with Crippen LogP contribution in [-0.2, 0) is 43.3 Å². The third-order valence-electron chi connectivity index (χ3n) is 1.66. The molecule has 3 nitrogen and oxygen atoms in total. The molecule has 2 amide bonds. The molecule has 0 aliphatic carbocycles. The molecule has 0 aromatic rings. The van der Waals surface area contributed by atoms with Gasteiger partial charge >= 0.3 is 0 Å². The Labute approximate surface area is 91.5 Å². The normalized spacial score (nSPS) is 23.3. The van der Waals surface area contributed by atoms with Crippen molar-refractivity contribution >= 4 is 24.4 Å². The molecule has 0 N–H and O–H groups in total. The van der Waals surface area contributed by atoms with Gasteiger partial charge in [0.2, 0.25) is 11.8 Å². The molecule has 1 atom stereocenters. The summed E-state index contributed by atoms with van der Waals surface area (Å²) in [5, 5.41) is -0.523. The van der Waals surface area contributed by atoms with Gasteiger partial charge in [-0.3, -0.25) is 14.5 Å². The molecule has 0 spiro atoms. The Kier molecular flexibility index (Phi) is 4.49. The van der Waals surface area contributed by atoms with Crippen molar-refractivity contribution in [3.63, 3.8) is 0 Å². The zero-order valence-corrected chi connectivity index (χ0v) is 10.7. The summed E-state index contributed by atoms with van der Waals surface area (Å²) in [6, 6.07) is -0.0528. The van der Waals surface area contributed by atoms with Gasteiger partial charge in [0.1, 0.15) is 0 Å². The second kappa shape index (κ2) is 4.42. The topological polar surface area (TPSA) is 37.4 Å². The number of rotatable bonds is 1. The fourth-order valence-electron chi connectivity index (χ4n) is 1.16. The summed E-state index contributed by atoms with van der Waals surface area (Å²) in [4.78, 5) is 23.5. The minimum absolute atomic E-state index is 0. The molecule has 5 heteroatoms. The van der Waals surface area contributed by atoms with Gasteiger partial charge in [-0.25, -0.2) is 0 Å². The summed E-state index contributed by atoms with van der Waals surface area (Å²) in [6.45, 7) is 3.62. The number of amides is 2. The van der Waals surface area contributed by atoms with Crippen molar-refractivity contribution in [3.05, 3.63) is 0 Å². The molecule has 1 unspecified atom stereocenters. The van der Waals surface area contributed by atoms with E-state index in [9.17, 15) is 9.59 Å². The first kappa shape index (κ1) is 12.2. The Bertz CT molecular complexity index is 208. The van der Waals surface area contributed by atoms with Crippen molar-refractivity contribution in [2.24, 2.45) is 0 Å². The molecular formula is C7H10NO2SW-. The average Bonchev–Trinajstić information content (AvgIpc) is 2.07. The summed E-state index contributed by atoms with van der Waals surface area (Å²) in [5.41, 5.74) is 0.